The van der Waals surface area contributed by atoms with Crippen molar-refractivity contribution in [3.8, 4) is 0 Å². The van der Waals surface area contributed by atoms with E-state index in [4.69, 9.17) is 5.73 Å². The molecular formula is C17H25N5O3. The van der Waals surface area contributed by atoms with Crippen LogP contribution < -0.4 is 11.1 Å². The number of carbonyl (C=O) groups is 3. The van der Waals surface area contributed by atoms with E-state index >= 15 is 0 Å². The van der Waals surface area contributed by atoms with Crippen molar-refractivity contribution >= 4 is 17.7 Å². The minimum atomic E-state index is -0.569. The Hall–Kier alpha value is -2.51. The van der Waals surface area contributed by atoms with Crippen molar-refractivity contribution in [1.29, 1.82) is 0 Å². The number of nitrogens with zero attached hydrogens (tertiary/aromatic N) is 3. The minimum Gasteiger partial charge on any atom is -0.368 e. The highest BCUT2D eigenvalue weighted by molar-refractivity contribution is 5.83. The fourth-order valence-corrected chi connectivity index (χ4v) is 2.96. The number of rotatable bonds is 6. The average Bonchev–Trinajstić information content (AvgIpc) is 2.57. The maximum absolute atomic E-state index is 11.7. The Kier molecular flexibility index (Phi) is 6.44. The molecule has 0 radical (unpaired) electrons. The molecule has 3 N–H and O–H groups in total. The van der Waals surface area contributed by atoms with E-state index in [1.807, 2.05) is 17.9 Å². The summed E-state index contributed by atoms with van der Waals surface area (Å²) in [5.41, 5.74) is 6.63. The van der Waals surface area contributed by atoms with E-state index in [1.165, 1.54) is 0 Å². The lowest BCUT2D eigenvalue weighted by Crippen LogP contribution is -2.38. The summed E-state index contributed by atoms with van der Waals surface area (Å²) in [6.07, 6.45) is 2.58. The van der Waals surface area contributed by atoms with Crippen LogP contribution in [-0.4, -0.2) is 52.2 Å². The van der Waals surface area contributed by atoms with E-state index in [1.54, 1.807) is 6.92 Å². The van der Waals surface area contributed by atoms with Crippen LogP contribution in [0.15, 0.2) is 6.07 Å². The molecule has 1 aliphatic rings. The first-order valence-corrected chi connectivity index (χ1v) is 8.50. The van der Waals surface area contributed by atoms with E-state index in [9.17, 15) is 14.4 Å². The Labute approximate surface area is 147 Å². The molecule has 2 heterocycles. The molecule has 0 spiro atoms. The maximum Gasteiger partial charge on any atom is 0.236 e. The quantitative estimate of drug-likeness (QED) is 0.753. The normalized spacial score (nSPS) is 17.2. The molecular weight excluding hydrogens is 322 g/mol. The van der Waals surface area contributed by atoms with Gasteiger partial charge in [-0.3, -0.25) is 14.4 Å². The van der Waals surface area contributed by atoms with Crippen molar-refractivity contribution in [3.05, 3.63) is 23.3 Å². The van der Waals surface area contributed by atoms with Crippen LogP contribution in [0.1, 0.15) is 49.3 Å². The predicted octanol–water partition coefficient (Wildman–Crippen LogP) is 0.0450. The van der Waals surface area contributed by atoms with Crippen LogP contribution in [0, 0.1) is 6.92 Å². The number of aromatic nitrogens is 2. The van der Waals surface area contributed by atoms with Gasteiger partial charge < -0.3 is 16.0 Å². The van der Waals surface area contributed by atoms with Crippen LogP contribution >= 0.6 is 0 Å². The molecule has 8 nitrogen and oxygen atoms in total. The highest BCUT2D eigenvalue weighted by Crippen LogP contribution is 2.25. The fourth-order valence-electron chi connectivity index (χ4n) is 2.96. The zero-order chi connectivity index (χ0) is 18.4. The number of hydrogen-bond donors (Lipinski definition) is 2. The third kappa shape index (κ3) is 5.81. The molecule has 3 amide bonds. The number of nitrogens with one attached hydrogen (secondary N) is 1. The second-order valence-electron chi connectivity index (χ2n) is 6.41. The molecule has 1 aromatic heterocycles. The highest BCUT2D eigenvalue weighted by atomic mass is 16.2. The van der Waals surface area contributed by atoms with Crippen LogP contribution in [-0.2, 0) is 20.8 Å². The molecule has 1 atom stereocenters. The first-order valence-electron chi connectivity index (χ1n) is 8.50. The van der Waals surface area contributed by atoms with Gasteiger partial charge in [-0.05, 0) is 32.3 Å². The van der Waals surface area contributed by atoms with Crippen LogP contribution in [0.3, 0.4) is 0 Å². The SMILES string of the molecule is CC(=O)N1CCC[C@H](c2nc(C)cc(CCC(=O)NCC(N)=O)n2)C1. The van der Waals surface area contributed by atoms with Crippen LogP contribution in [0.25, 0.3) is 0 Å². The molecule has 0 unspecified atom stereocenters. The summed E-state index contributed by atoms with van der Waals surface area (Å²) >= 11 is 0. The second kappa shape index (κ2) is 8.55. The molecule has 1 aromatic rings. The number of likely N-dealkylation sites (tertiary alicyclic amines) is 1. The molecule has 2 rings (SSSR count). The standard InChI is InChI=1S/C17H25N5O3/c1-11-8-14(5-6-16(25)19-9-15(18)24)21-17(20-11)13-4-3-7-22(10-13)12(2)23/h8,13H,3-7,9-10H2,1-2H3,(H2,18,24)(H,19,25)/t13-/m0/s1. The monoisotopic (exact) mass is 347 g/mol. The molecule has 8 heteroatoms. The third-order valence-corrected chi connectivity index (χ3v) is 4.22. The van der Waals surface area contributed by atoms with Gasteiger partial charge in [-0.15, -0.1) is 0 Å². The van der Waals surface area contributed by atoms with E-state index in [0.717, 1.165) is 36.6 Å². The number of carbonyl (C=O) groups excluding carboxylic acids is 3. The molecule has 0 aromatic carbocycles. The predicted molar refractivity (Wildman–Crippen MR) is 91.5 cm³/mol. The molecule has 25 heavy (non-hydrogen) atoms. The summed E-state index contributed by atoms with van der Waals surface area (Å²) in [6, 6.07) is 1.86. The third-order valence-electron chi connectivity index (χ3n) is 4.22. The number of aryl methyl sites for hydroxylation is 2. The lowest BCUT2D eigenvalue weighted by Gasteiger charge is -2.31. The number of piperidine rings is 1. The number of hydrogen-bond acceptors (Lipinski definition) is 5. The first-order chi connectivity index (χ1) is 11.8. The van der Waals surface area contributed by atoms with Crippen molar-refractivity contribution in [1.82, 2.24) is 20.2 Å². The minimum absolute atomic E-state index is 0.0729. The molecule has 0 aliphatic carbocycles. The van der Waals surface area contributed by atoms with Gasteiger partial charge in [-0.25, -0.2) is 9.97 Å². The van der Waals surface area contributed by atoms with Crippen molar-refractivity contribution in [3.63, 3.8) is 0 Å². The van der Waals surface area contributed by atoms with Gasteiger partial charge in [0, 0.05) is 43.7 Å². The molecule has 1 fully saturated rings. The molecule has 136 valence electrons. The Bertz CT molecular complexity index is 662. The molecule has 0 bridgehead atoms. The summed E-state index contributed by atoms with van der Waals surface area (Å²) in [5.74, 6) is 0.125. The lowest BCUT2D eigenvalue weighted by molar-refractivity contribution is -0.130. The van der Waals surface area contributed by atoms with E-state index in [0.29, 0.717) is 13.0 Å². The van der Waals surface area contributed by atoms with Crippen LogP contribution in [0.4, 0.5) is 0 Å². The summed E-state index contributed by atoms with van der Waals surface area (Å²) in [4.78, 5) is 44.9. The number of primary amides is 1. The smallest absolute Gasteiger partial charge is 0.236 e. The number of nitrogens with two attached hydrogens (primary N) is 1. The van der Waals surface area contributed by atoms with Crippen LogP contribution in [0.5, 0.6) is 0 Å². The zero-order valence-electron chi connectivity index (χ0n) is 14.7. The van der Waals surface area contributed by atoms with Gasteiger partial charge in [-0.1, -0.05) is 0 Å². The topological polar surface area (TPSA) is 118 Å². The van der Waals surface area contributed by atoms with Crippen molar-refractivity contribution < 1.29 is 14.4 Å². The van der Waals surface area contributed by atoms with E-state index in [-0.39, 0.29) is 30.7 Å². The van der Waals surface area contributed by atoms with Crippen molar-refractivity contribution in [2.24, 2.45) is 5.73 Å². The summed E-state index contributed by atoms with van der Waals surface area (Å²) in [6.45, 7) is 4.74. The fraction of sp³-hybridized carbons (Fsp3) is 0.588. The second-order valence-corrected chi connectivity index (χ2v) is 6.41. The molecule has 1 aliphatic heterocycles. The first kappa shape index (κ1) is 18.8. The van der Waals surface area contributed by atoms with E-state index in [2.05, 4.69) is 15.3 Å². The molecule has 0 saturated carbocycles. The van der Waals surface area contributed by atoms with Gasteiger partial charge in [0.05, 0.1) is 6.54 Å². The summed E-state index contributed by atoms with van der Waals surface area (Å²) in [5, 5.41) is 2.46. The maximum atomic E-state index is 11.7. The Morgan fingerprint density at radius 3 is 2.80 bits per heavy atom. The lowest BCUT2D eigenvalue weighted by atomic mass is 9.96. The Morgan fingerprint density at radius 1 is 1.36 bits per heavy atom. The average molecular weight is 347 g/mol. The van der Waals surface area contributed by atoms with Gasteiger partial charge in [0.2, 0.25) is 17.7 Å². The van der Waals surface area contributed by atoms with Crippen molar-refractivity contribution in [2.75, 3.05) is 19.6 Å². The zero-order valence-corrected chi connectivity index (χ0v) is 14.7. The molecule has 1 saturated heterocycles. The van der Waals surface area contributed by atoms with Crippen LogP contribution in [0.2, 0.25) is 0 Å². The number of amides is 3. The highest BCUT2D eigenvalue weighted by Gasteiger charge is 2.25. The van der Waals surface area contributed by atoms with E-state index < -0.39 is 5.91 Å². The van der Waals surface area contributed by atoms with Gasteiger partial charge >= 0.3 is 0 Å². The summed E-state index contributed by atoms with van der Waals surface area (Å²) < 4.78 is 0. The Morgan fingerprint density at radius 2 is 2.12 bits per heavy atom. The largest absolute Gasteiger partial charge is 0.368 e. The van der Waals surface area contributed by atoms with Crippen molar-refractivity contribution in [2.45, 2.75) is 45.4 Å². The van der Waals surface area contributed by atoms with Gasteiger partial charge in [0.25, 0.3) is 0 Å². The van der Waals surface area contributed by atoms with Gasteiger partial charge in [-0.2, -0.15) is 0 Å². The Balaban J connectivity index is 2.01. The van der Waals surface area contributed by atoms with Gasteiger partial charge in [0.15, 0.2) is 0 Å². The summed E-state index contributed by atoms with van der Waals surface area (Å²) in [7, 11) is 0. The van der Waals surface area contributed by atoms with Gasteiger partial charge in [0.1, 0.15) is 5.82 Å².